The van der Waals surface area contributed by atoms with Crippen molar-refractivity contribution in [3.8, 4) is 11.3 Å². The lowest BCUT2D eigenvalue weighted by Crippen LogP contribution is -2.07. The molecule has 4 heteroatoms. The van der Waals surface area contributed by atoms with Gasteiger partial charge in [-0.1, -0.05) is 6.07 Å². The van der Waals surface area contributed by atoms with Gasteiger partial charge in [0, 0.05) is 24.9 Å². The molecule has 2 rings (SSSR count). The zero-order valence-electron chi connectivity index (χ0n) is 8.84. The number of rotatable bonds is 2. The number of pyridine rings is 2. The van der Waals surface area contributed by atoms with Gasteiger partial charge < -0.3 is 5.32 Å². The Bertz CT molecular complexity index is 497. The van der Waals surface area contributed by atoms with Gasteiger partial charge in [-0.2, -0.15) is 0 Å². The SMILES string of the molecule is CC(=O)Nc1cc(-c2ccccn2)ccn1. The van der Waals surface area contributed by atoms with Crippen molar-refractivity contribution in [2.24, 2.45) is 0 Å². The van der Waals surface area contributed by atoms with Gasteiger partial charge in [0.2, 0.25) is 5.91 Å². The molecule has 0 fully saturated rings. The molecule has 0 atom stereocenters. The monoisotopic (exact) mass is 213 g/mol. The minimum atomic E-state index is -0.134. The second-order valence-electron chi connectivity index (χ2n) is 3.33. The van der Waals surface area contributed by atoms with E-state index in [1.165, 1.54) is 6.92 Å². The first-order chi connectivity index (χ1) is 7.75. The van der Waals surface area contributed by atoms with E-state index in [4.69, 9.17) is 0 Å². The van der Waals surface area contributed by atoms with Crippen LogP contribution in [0.25, 0.3) is 11.3 Å². The molecule has 0 aromatic carbocycles. The van der Waals surface area contributed by atoms with Crippen molar-refractivity contribution in [2.45, 2.75) is 6.92 Å². The molecule has 0 radical (unpaired) electrons. The molecular formula is C12H11N3O. The molecule has 0 aliphatic heterocycles. The third-order valence-corrected chi connectivity index (χ3v) is 2.02. The smallest absolute Gasteiger partial charge is 0.222 e. The van der Waals surface area contributed by atoms with E-state index in [0.29, 0.717) is 5.82 Å². The average molecular weight is 213 g/mol. The fourth-order valence-electron chi connectivity index (χ4n) is 1.37. The molecule has 80 valence electrons. The van der Waals surface area contributed by atoms with Crippen molar-refractivity contribution >= 4 is 11.7 Å². The lowest BCUT2D eigenvalue weighted by atomic mass is 10.2. The molecule has 2 heterocycles. The normalized spacial score (nSPS) is 9.81. The van der Waals surface area contributed by atoms with Crippen LogP contribution in [0.1, 0.15) is 6.92 Å². The second kappa shape index (κ2) is 4.53. The molecule has 0 unspecified atom stereocenters. The number of nitrogens with zero attached hydrogens (tertiary/aromatic N) is 2. The highest BCUT2D eigenvalue weighted by Crippen LogP contribution is 2.18. The summed E-state index contributed by atoms with van der Waals surface area (Å²) in [5.41, 5.74) is 1.79. The molecule has 2 aromatic heterocycles. The molecule has 0 spiro atoms. The Morgan fingerprint density at radius 3 is 2.75 bits per heavy atom. The van der Waals surface area contributed by atoms with Crippen LogP contribution in [0.4, 0.5) is 5.82 Å². The van der Waals surface area contributed by atoms with Crippen LogP contribution in [-0.2, 0) is 4.79 Å². The topological polar surface area (TPSA) is 54.9 Å². The zero-order chi connectivity index (χ0) is 11.4. The Labute approximate surface area is 93.4 Å². The number of anilines is 1. The van der Waals surface area contributed by atoms with Crippen molar-refractivity contribution in [1.82, 2.24) is 9.97 Å². The summed E-state index contributed by atoms with van der Waals surface area (Å²) in [5.74, 6) is 0.404. The molecule has 1 N–H and O–H groups in total. The van der Waals surface area contributed by atoms with Crippen molar-refractivity contribution < 1.29 is 4.79 Å². The molecule has 1 amide bonds. The molecule has 0 bridgehead atoms. The predicted molar refractivity (Wildman–Crippen MR) is 61.8 cm³/mol. The number of aromatic nitrogens is 2. The van der Waals surface area contributed by atoms with Gasteiger partial charge in [-0.15, -0.1) is 0 Å². The highest BCUT2D eigenvalue weighted by molar-refractivity contribution is 5.88. The van der Waals surface area contributed by atoms with Crippen LogP contribution in [0.5, 0.6) is 0 Å². The Balaban J connectivity index is 2.33. The average Bonchev–Trinajstić information content (AvgIpc) is 2.30. The van der Waals surface area contributed by atoms with Gasteiger partial charge in [-0.05, 0) is 24.3 Å². The summed E-state index contributed by atoms with van der Waals surface area (Å²) >= 11 is 0. The molecule has 0 saturated heterocycles. The molecule has 2 aromatic rings. The maximum absolute atomic E-state index is 10.9. The van der Waals surface area contributed by atoms with Gasteiger partial charge in [0.25, 0.3) is 0 Å². The zero-order valence-corrected chi connectivity index (χ0v) is 8.84. The van der Waals surface area contributed by atoms with Gasteiger partial charge in [-0.25, -0.2) is 4.98 Å². The van der Waals surface area contributed by atoms with Gasteiger partial charge in [0.1, 0.15) is 5.82 Å². The first kappa shape index (κ1) is 10.3. The summed E-state index contributed by atoms with van der Waals surface area (Å²) in [4.78, 5) is 19.2. The summed E-state index contributed by atoms with van der Waals surface area (Å²) in [6, 6.07) is 9.34. The first-order valence-electron chi connectivity index (χ1n) is 4.91. The van der Waals surface area contributed by atoms with Crippen molar-refractivity contribution in [3.05, 3.63) is 42.7 Å². The predicted octanol–water partition coefficient (Wildman–Crippen LogP) is 2.10. The van der Waals surface area contributed by atoms with Gasteiger partial charge >= 0.3 is 0 Å². The standard InChI is InChI=1S/C12H11N3O/c1-9(16)15-12-8-10(5-7-14-12)11-4-2-3-6-13-11/h2-8H,1H3,(H,14,15,16). The van der Waals surface area contributed by atoms with Crippen LogP contribution in [-0.4, -0.2) is 15.9 Å². The summed E-state index contributed by atoms with van der Waals surface area (Å²) in [6.07, 6.45) is 3.38. The lowest BCUT2D eigenvalue weighted by Gasteiger charge is -2.03. The fourth-order valence-corrected chi connectivity index (χ4v) is 1.37. The highest BCUT2D eigenvalue weighted by Gasteiger charge is 2.01. The molecule has 0 saturated carbocycles. The van der Waals surface area contributed by atoms with Crippen LogP contribution < -0.4 is 5.32 Å². The maximum atomic E-state index is 10.9. The Kier molecular flexibility index (Phi) is 2.91. The van der Waals surface area contributed by atoms with Crippen molar-refractivity contribution in [1.29, 1.82) is 0 Å². The number of nitrogens with one attached hydrogen (secondary N) is 1. The summed E-state index contributed by atoms with van der Waals surface area (Å²) in [5, 5.41) is 2.64. The van der Waals surface area contributed by atoms with E-state index in [1.807, 2.05) is 24.3 Å². The summed E-state index contributed by atoms with van der Waals surface area (Å²) < 4.78 is 0. The lowest BCUT2D eigenvalue weighted by molar-refractivity contribution is -0.114. The largest absolute Gasteiger partial charge is 0.311 e. The summed E-state index contributed by atoms with van der Waals surface area (Å²) in [6.45, 7) is 1.45. The molecule has 0 aliphatic carbocycles. The molecular weight excluding hydrogens is 202 g/mol. The van der Waals surface area contributed by atoms with E-state index < -0.39 is 0 Å². The third-order valence-electron chi connectivity index (χ3n) is 2.02. The molecule has 4 nitrogen and oxygen atoms in total. The highest BCUT2D eigenvalue weighted by atomic mass is 16.1. The minimum Gasteiger partial charge on any atom is -0.311 e. The van der Waals surface area contributed by atoms with E-state index in [-0.39, 0.29) is 5.91 Å². The van der Waals surface area contributed by atoms with Crippen LogP contribution in [0, 0.1) is 0 Å². The van der Waals surface area contributed by atoms with Crippen LogP contribution in [0.3, 0.4) is 0 Å². The Morgan fingerprint density at radius 2 is 2.06 bits per heavy atom. The minimum absolute atomic E-state index is 0.134. The van der Waals surface area contributed by atoms with Gasteiger partial charge in [-0.3, -0.25) is 9.78 Å². The molecule has 16 heavy (non-hydrogen) atoms. The Hall–Kier alpha value is -2.23. The Morgan fingerprint density at radius 1 is 1.19 bits per heavy atom. The number of carbonyl (C=O) groups is 1. The first-order valence-corrected chi connectivity index (χ1v) is 4.91. The quantitative estimate of drug-likeness (QED) is 0.831. The third kappa shape index (κ3) is 2.42. The van der Waals surface area contributed by atoms with E-state index in [0.717, 1.165) is 11.3 Å². The van der Waals surface area contributed by atoms with E-state index in [2.05, 4.69) is 15.3 Å². The number of hydrogen-bond donors (Lipinski definition) is 1. The van der Waals surface area contributed by atoms with Crippen molar-refractivity contribution in [2.75, 3.05) is 5.32 Å². The number of carbonyl (C=O) groups excluding carboxylic acids is 1. The van der Waals surface area contributed by atoms with E-state index in [1.54, 1.807) is 18.5 Å². The van der Waals surface area contributed by atoms with Crippen LogP contribution in [0.15, 0.2) is 42.7 Å². The van der Waals surface area contributed by atoms with E-state index in [9.17, 15) is 4.79 Å². The number of amides is 1. The van der Waals surface area contributed by atoms with Gasteiger partial charge in [0.15, 0.2) is 0 Å². The van der Waals surface area contributed by atoms with Crippen LogP contribution in [0.2, 0.25) is 0 Å². The fraction of sp³-hybridized carbons (Fsp3) is 0.0833. The second-order valence-corrected chi connectivity index (χ2v) is 3.33. The summed E-state index contributed by atoms with van der Waals surface area (Å²) in [7, 11) is 0. The number of hydrogen-bond acceptors (Lipinski definition) is 3. The van der Waals surface area contributed by atoms with E-state index >= 15 is 0 Å². The maximum Gasteiger partial charge on any atom is 0.222 e. The van der Waals surface area contributed by atoms with Gasteiger partial charge in [0.05, 0.1) is 5.69 Å². The van der Waals surface area contributed by atoms with Crippen molar-refractivity contribution in [3.63, 3.8) is 0 Å². The van der Waals surface area contributed by atoms with Crippen LogP contribution >= 0.6 is 0 Å². The molecule has 0 aliphatic rings.